The summed E-state index contributed by atoms with van der Waals surface area (Å²) in [4.78, 5) is 11.8. The van der Waals surface area contributed by atoms with Crippen LogP contribution in [0.25, 0.3) is 0 Å². The van der Waals surface area contributed by atoms with Gasteiger partial charge in [-0.1, -0.05) is 35.9 Å². The zero-order valence-electron chi connectivity index (χ0n) is 10.6. The number of amides is 1. The Morgan fingerprint density at radius 1 is 1.21 bits per heavy atom. The molecule has 0 aliphatic rings. The number of halogens is 1. The number of para-hydroxylation sites is 1. The molecule has 0 heterocycles. The van der Waals surface area contributed by atoms with Gasteiger partial charge in [-0.3, -0.25) is 4.79 Å². The fourth-order valence-electron chi connectivity index (χ4n) is 1.75. The van der Waals surface area contributed by atoms with Gasteiger partial charge in [-0.15, -0.1) is 0 Å². The van der Waals surface area contributed by atoms with Crippen LogP contribution in [0.4, 0.5) is 15.8 Å². The molecule has 0 aliphatic heterocycles. The van der Waals surface area contributed by atoms with E-state index in [1.165, 1.54) is 12.1 Å². The number of nitrogen functional groups attached to an aromatic ring is 1. The molecule has 3 N–H and O–H groups in total. The molecule has 0 unspecified atom stereocenters. The Balaban J connectivity index is 2.07. The van der Waals surface area contributed by atoms with Gasteiger partial charge in [0.2, 0.25) is 5.91 Å². The van der Waals surface area contributed by atoms with E-state index in [2.05, 4.69) is 5.32 Å². The molecule has 98 valence electrons. The number of anilines is 2. The molecule has 0 bridgehead atoms. The Kier molecular flexibility index (Phi) is 3.80. The highest BCUT2D eigenvalue weighted by atomic mass is 19.1. The van der Waals surface area contributed by atoms with Gasteiger partial charge in [0.1, 0.15) is 11.5 Å². The molecule has 0 saturated carbocycles. The van der Waals surface area contributed by atoms with Crippen LogP contribution in [0.15, 0.2) is 42.5 Å². The zero-order valence-corrected chi connectivity index (χ0v) is 10.6. The van der Waals surface area contributed by atoms with Gasteiger partial charge < -0.3 is 11.1 Å². The van der Waals surface area contributed by atoms with Gasteiger partial charge in [0.15, 0.2) is 0 Å². The van der Waals surface area contributed by atoms with Gasteiger partial charge in [-0.05, 0) is 24.6 Å². The van der Waals surface area contributed by atoms with Crippen molar-refractivity contribution in [1.29, 1.82) is 0 Å². The van der Waals surface area contributed by atoms with Crippen molar-refractivity contribution in [3.05, 3.63) is 59.4 Å². The van der Waals surface area contributed by atoms with Crippen molar-refractivity contribution in [2.45, 2.75) is 13.3 Å². The van der Waals surface area contributed by atoms with Crippen LogP contribution in [-0.4, -0.2) is 5.91 Å². The second kappa shape index (κ2) is 5.52. The van der Waals surface area contributed by atoms with E-state index in [0.717, 1.165) is 11.1 Å². The molecule has 0 fully saturated rings. The number of carbonyl (C=O) groups excluding carboxylic acids is 1. The Morgan fingerprint density at radius 3 is 2.53 bits per heavy atom. The predicted molar refractivity (Wildman–Crippen MR) is 74.3 cm³/mol. The topological polar surface area (TPSA) is 55.1 Å². The van der Waals surface area contributed by atoms with E-state index in [-0.39, 0.29) is 23.7 Å². The summed E-state index contributed by atoms with van der Waals surface area (Å²) in [5, 5.41) is 2.50. The Hall–Kier alpha value is -2.36. The Morgan fingerprint density at radius 2 is 1.89 bits per heavy atom. The monoisotopic (exact) mass is 258 g/mol. The number of benzene rings is 2. The summed E-state index contributed by atoms with van der Waals surface area (Å²) in [5.41, 5.74) is 7.89. The van der Waals surface area contributed by atoms with Crippen molar-refractivity contribution in [2.24, 2.45) is 0 Å². The summed E-state index contributed by atoms with van der Waals surface area (Å²) in [7, 11) is 0. The minimum atomic E-state index is -0.530. The number of rotatable bonds is 3. The lowest BCUT2D eigenvalue weighted by Gasteiger charge is -2.09. The number of hydrogen-bond acceptors (Lipinski definition) is 2. The summed E-state index contributed by atoms with van der Waals surface area (Å²) < 4.78 is 13.5. The molecule has 2 aromatic carbocycles. The quantitative estimate of drug-likeness (QED) is 0.832. The molecule has 0 saturated heterocycles. The first kappa shape index (κ1) is 13.1. The third-order valence-electron chi connectivity index (χ3n) is 2.80. The molecule has 0 spiro atoms. The first-order chi connectivity index (χ1) is 9.06. The molecule has 2 rings (SSSR count). The van der Waals surface area contributed by atoms with Crippen molar-refractivity contribution >= 4 is 17.3 Å². The number of nitrogens with two attached hydrogens (primary N) is 1. The lowest BCUT2D eigenvalue weighted by Crippen LogP contribution is -2.16. The van der Waals surface area contributed by atoms with Crippen LogP contribution in [0.2, 0.25) is 0 Å². The number of carbonyl (C=O) groups is 1. The first-order valence-electron chi connectivity index (χ1n) is 5.95. The fourth-order valence-corrected chi connectivity index (χ4v) is 1.75. The molecule has 3 nitrogen and oxygen atoms in total. The summed E-state index contributed by atoms with van der Waals surface area (Å²) >= 11 is 0. The maximum absolute atomic E-state index is 13.5. The molecule has 0 atom stereocenters. The average molecular weight is 258 g/mol. The van der Waals surface area contributed by atoms with Crippen LogP contribution in [0.5, 0.6) is 0 Å². The Labute approximate surface area is 111 Å². The first-order valence-corrected chi connectivity index (χ1v) is 5.95. The second-order valence-electron chi connectivity index (χ2n) is 4.41. The van der Waals surface area contributed by atoms with Gasteiger partial charge in [0.25, 0.3) is 0 Å². The standard InChI is InChI=1S/C15H15FN2O/c1-10-5-7-11(8-6-10)9-14(19)18-15-12(16)3-2-4-13(15)17/h2-8H,9,17H2,1H3,(H,18,19). The van der Waals surface area contributed by atoms with Crippen molar-refractivity contribution in [3.63, 3.8) is 0 Å². The molecule has 2 aromatic rings. The number of hydrogen-bond donors (Lipinski definition) is 2. The minimum absolute atomic E-state index is 0.0413. The molecular formula is C15H15FN2O. The predicted octanol–water partition coefficient (Wildman–Crippen LogP) is 2.90. The van der Waals surface area contributed by atoms with E-state index in [0.29, 0.717) is 0 Å². The lowest BCUT2D eigenvalue weighted by molar-refractivity contribution is -0.115. The highest BCUT2D eigenvalue weighted by molar-refractivity contribution is 5.95. The summed E-state index contributed by atoms with van der Waals surface area (Å²) in [6, 6.07) is 11.9. The van der Waals surface area contributed by atoms with Crippen LogP contribution < -0.4 is 11.1 Å². The van der Waals surface area contributed by atoms with E-state index in [1.54, 1.807) is 6.07 Å². The van der Waals surface area contributed by atoms with Crippen LogP contribution >= 0.6 is 0 Å². The van der Waals surface area contributed by atoms with Crippen molar-refractivity contribution in [2.75, 3.05) is 11.1 Å². The maximum Gasteiger partial charge on any atom is 0.228 e. The van der Waals surface area contributed by atoms with E-state index in [1.807, 2.05) is 31.2 Å². The van der Waals surface area contributed by atoms with Gasteiger partial charge in [-0.2, -0.15) is 0 Å². The van der Waals surface area contributed by atoms with E-state index in [9.17, 15) is 9.18 Å². The third-order valence-corrected chi connectivity index (χ3v) is 2.80. The highest BCUT2D eigenvalue weighted by Crippen LogP contribution is 2.21. The largest absolute Gasteiger partial charge is 0.397 e. The second-order valence-corrected chi connectivity index (χ2v) is 4.41. The van der Waals surface area contributed by atoms with E-state index in [4.69, 9.17) is 5.73 Å². The smallest absolute Gasteiger partial charge is 0.228 e. The molecule has 19 heavy (non-hydrogen) atoms. The fraction of sp³-hybridized carbons (Fsp3) is 0.133. The summed E-state index contributed by atoms with van der Waals surface area (Å²) in [5.74, 6) is -0.821. The molecule has 4 heteroatoms. The van der Waals surface area contributed by atoms with Crippen LogP contribution in [0.1, 0.15) is 11.1 Å². The van der Waals surface area contributed by atoms with Gasteiger partial charge in [0.05, 0.1) is 12.1 Å². The minimum Gasteiger partial charge on any atom is -0.397 e. The molecular weight excluding hydrogens is 243 g/mol. The lowest BCUT2D eigenvalue weighted by atomic mass is 10.1. The van der Waals surface area contributed by atoms with Gasteiger partial charge in [0, 0.05) is 0 Å². The van der Waals surface area contributed by atoms with Gasteiger partial charge in [-0.25, -0.2) is 4.39 Å². The SMILES string of the molecule is Cc1ccc(CC(=O)Nc2c(N)cccc2F)cc1. The van der Waals surface area contributed by atoms with Gasteiger partial charge >= 0.3 is 0 Å². The average Bonchev–Trinajstić information content (AvgIpc) is 2.37. The van der Waals surface area contributed by atoms with E-state index >= 15 is 0 Å². The Bertz CT molecular complexity index is 573. The molecule has 1 amide bonds. The summed E-state index contributed by atoms with van der Waals surface area (Å²) in [6.07, 6.45) is 0.189. The molecule has 0 radical (unpaired) electrons. The van der Waals surface area contributed by atoms with Crippen LogP contribution in [0, 0.1) is 12.7 Å². The normalized spacial score (nSPS) is 10.2. The number of aryl methyl sites for hydroxylation is 1. The zero-order chi connectivity index (χ0) is 13.8. The van der Waals surface area contributed by atoms with Crippen molar-refractivity contribution in [1.82, 2.24) is 0 Å². The van der Waals surface area contributed by atoms with Crippen LogP contribution in [-0.2, 0) is 11.2 Å². The third kappa shape index (κ3) is 3.31. The highest BCUT2D eigenvalue weighted by Gasteiger charge is 2.10. The maximum atomic E-state index is 13.5. The van der Waals surface area contributed by atoms with E-state index < -0.39 is 5.82 Å². The van der Waals surface area contributed by atoms with Crippen molar-refractivity contribution in [3.8, 4) is 0 Å². The molecule has 0 aromatic heterocycles. The van der Waals surface area contributed by atoms with Crippen LogP contribution in [0.3, 0.4) is 0 Å². The molecule has 0 aliphatic carbocycles. The summed E-state index contributed by atoms with van der Waals surface area (Å²) in [6.45, 7) is 1.98. The van der Waals surface area contributed by atoms with Crippen molar-refractivity contribution < 1.29 is 9.18 Å². The number of nitrogens with one attached hydrogen (secondary N) is 1.